The van der Waals surface area contributed by atoms with Crippen molar-refractivity contribution in [3.63, 3.8) is 0 Å². The quantitative estimate of drug-likeness (QED) is 0.537. The maximum Gasteiger partial charge on any atom is 0.338 e. The first-order valence-corrected chi connectivity index (χ1v) is 10.8. The molecule has 0 atom stereocenters. The van der Waals surface area contributed by atoms with Gasteiger partial charge in [-0.05, 0) is 36.4 Å². The zero-order chi connectivity index (χ0) is 21.1. The van der Waals surface area contributed by atoms with E-state index < -0.39 is 43.4 Å². The summed E-state index contributed by atoms with van der Waals surface area (Å²) in [6.45, 7) is -0.716. The summed E-state index contributed by atoms with van der Waals surface area (Å²) < 4.78 is 50.2. The van der Waals surface area contributed by atoms with E-state index in [1.54, 1.807) is 0 Å². The number of carbonyl (C=O) groups excluding carboxylic acids is 2. The molecule has 0 fully saturated rings. The monoisotopic (exact) mass is 447 g/mol. The van der Waals surface area contributed by atoms with Crippen molar-refractivity contribution in [2.45, 2.75) is 9.79 Å². The highest BCUT2D eigenvalue weighted by atomic mass is 35.5. The summed E-state index contributed by atoms with van der Waals surface area (Å²) in [4.78, 5) is 23.2. The Morgan fingerprint density at radius 1 is 1.00 bits per heavy atom. The van der Waals surface area contributed by atoms with Gasteiger partial charge in [0.25, 0.3) is 5.91 Å². The normalized spacial score (nSPS) is 11.7. The molecule has 0 unspecified atom stereocenters. The van der Waals surface area contributed by atoms with Crippen LogP contribution in [0.1, 0.15) is 10.4 Å². The molecule has 0 radical (unpaired) electrons. The molecular weight excluding hydrogens is 434 g/mol. The van der Waals surface area contributed by atoms with Crippen LogP contribution in [-0.2, 0) is 29.6 Å². The van der Waals surface area contributed by atoms with Crippen molar-refractivity contribution in [2.24, 2.45) is 10.3 Å². The lowest BCUT2D eigenvalue weighted by Gasteiger charge is -2.09. The molecule has 2 aromatic rings. The smallest absolute Gasteiger partial charge is 0.338 e. The number of esters is 1. The van der Waals surface area contributed by atoms with Gasteiger partial charge in [-0.15, -0.1) is 0 Å². The fourth-order valence-electron chi connectivity index (χ4n) is 2.01. The number of hydrogen-bond acceptors (Lipinski definition) is 7. The van der Waals surface area contributed by atoms with E-state index in [2.05, 4.69) is 5.32 Å². The van der Waals surface area contributed by atoms with Crippen LogP contribution in [0.2, 0.25) is 5.02 Å². The van der Waals surface area contributed by atoms with Crippen LogP contribution in [0.15, 0.2) is 52.3 Å². The molecule has 0 bridgehead atoms. The predicted molar refractivity (Wildman–Crippen MR) is 99.6 cm³/mol. The lowest BCUT2D eigenvalue weighted by molar-refractivity contribution is -0.119. The molecule has 150 valence electrons. The minimum atomic E-state index is -4.16. The van der Waals surface area contributed by atoms with Crippen molar-refractivity contribution < 1.29 is 31.2 Å². The van der Waals surface area contributed by atoms with Crippen LogP contribution in [0.4, 0.5) is 5.69 Å². The molecule has 0 saturated heterocycles. The third kappa shape index (κ3) is 5.74. The second-order valence-electron chi connectivity index (χ2n) is 5.39. The lowest BCUT2D eigenvalue weighted by Crippen LogP contribution is -2.21. The van der Waals surface area contributed by atoms with E-state index in [1.807, 2.05) is 0 Å². The van der Waals surface area contributed by atoms with E-state index in [4.69, 9.17) is 26.6 Å². The minimum Gasteiger partial charge on any atom is -0.452 e. The Bertz CT molecular complexity index is 1150. The van der Waals surface area contributed by atoms with Crippen molar-refractivity contribution in [1.82, 2.24) is 0 Å². The van der Waals surface area contributed by atoms with Gasteiger partial charge in [-0.1, -0.05) is 17.7 Å². The number of nitrogens with one attached hydrogen (secondary N) is 1. The molecule has 0 heterocycles. The number of amides is 1. The molecule has 1 amide bonds. The van der Waals surface area contributed by atoms with Crippen molar-refractivity contribution in [2.75, 3.05) is 11.9 Å². The van der Waals surface area contributed by atoms with Crippen molar-refractivity contribution in [1.29, 1.82) is 0 Å². The van der Waals surface area contributed by atoms with Gasteiger partial charge in [0.1, 0.15) is 4.90 Å². The Labute approximate surface area is 165 Å². The average Bonchev–Trinajstić information content (AvgIpc) is 2.58. The second-order valence-corrected chi connectivity index (χ2v) is 8.89. The summed E-state index contributed by atoms with van der Waals surface area (Å²) in [6.07, 6.45) is 0. The van der Waals surface area contributed by atoms with Gasteiger partial charge < -0.3 is 10.1 Å². The van der Waals surface area contributed by atoms with Gasteiger partial charge in [-0.25, -0.2) is 31.9 Å². The number of carbonyl (C=O) groups is 2. The van der Waals surface area contributed by atoms with Crippen LogP contribution in [0, 0.1) is 0 Å². The van der Waals surface area contributed by atoms with E-state index in [0.717, 1.165) is 18.2 Å². The summed E-state index contributed by atoms with van der Waals surface area (Å²) in [6, 6.07) is 8.42. The molecule has 0 aliphatic heterocycles. The van der Waals surface area contributed by atoms with E-state index >= 15 is 0 Å². The Morgan fingerprint density at radius 2 is 1.68 bits per heavy atom. The highest BCUT2D eigenvalue weighted by Gasteiger charge is 2.18. The van der Waals surface area contributed by atoms with Crippen LogP contribution >= 0.6 is 11.6 Å². The summed E-state index contributed by atoms with van der Waals surface area (Å²) in [5.41, 5.74) is -0.0620. The lowest BCUT2D eigenvalue weighted by atomic mass is 10.2. The molecule has 2 aromatic carbocycles. The molecule has 5 N–H and O–H groups in total. The number of hydrogen-bond donors (Lipinski definition) is 3. The van der Waals surface area contributed by atoms with Gasteiger partial charge in [-0.3, -0.25) is 4.79 Å². The number of primary sulfonamides is 2. The summed E-state index contributed by atoms with van der Waals surface area (Å²) in [5.74, 6) is -1.75. The van der Waals surface area contributed by atoms with Gasteiger partial charge in [0.05, 0.1) is 15.5 Å². The van der Waals surface area contributed by atoms with E-state index in [1.165, 1.54) is 24.3 Å². The molecule has 0 aliphatic rings. The Kier molecular flexibility index (Phi) is 6.41. The van der Waals surface area contributed by atoms with E-state index in [9.17, 15) is 26.4 Å². The zero-order valence-electron chi connectivity index (χ0n) is 14.0. The molecule has 0 aliphatic carbocycles. The number of benzene rings is 2. The number of ether oxygens (including phenoxy) is 1. The predicted octanol–water partition coefficient (Wildman–Crippen LogP) is 0.430. The molecule has 0 saturated carbocycles. The fourth-order valence-corrected chi connectivity index (χ4v) is 3.64. The standard InChI is InChI=1S/C15H14ClN3O7S2/c16-12-5-4-9(6-13(12)28(18,24)25)15(21)26-8-14(20)19-10-2-1-3-11(7-10)27(17,22)23/h1-7H,8H2,(H,19,20)(H2,17,22,23)(H2,18,24,25). The molecule has 2 rings (SSSR count). The Hall–Kier alpha value is -2.51. The molecular formula is C15H14ClN3O7S2. The van der Waals surface area contributed by atoms with Crippen molar-refractivity contribution in [3.05, 3.63) is 53.1 Å². The summed E-state index contributed by atoms with van der Waals surface area (Å²) in [5, 5.41) is 12.2. The molecule has 10 nitrogen and oxygen atoms in total. The van der Waals surface area contributed by atoms with Crippen LogP contribution < -0.4 is 15.6 Å². The van der Waals surface area contributed by atoms with E-state index in [0.29, 0.717) is 0 Å². The third-order valence-electron chi connectivity index (χ3n) is 3.25. The second kappa shape index (κ2) is 8.24. The van der Waals surface area contributed by atoms with Crippen molar-refractivity contribution in [3.8, 4) is 0 Å². The van der Waals surface area contributed by atoms with Gasteiger partial charge in [0.2, 0.25) is 20.0 Å². The SMILES string of the molecule is NS(=O)(=O)c1cccc(NC(=O)COC(=O)c2ccc(Cl)c(S(N)(=O)=O)c2)c1. The Balaban J connectivity index is 2.05. The maximum atomic E-state index is 12.0. The highest BCUT2D eigenvalue weighted by Crippen LogP contribution is 2.22. The van der Waals surface area contributed by atoms with Gasteiger partial charge in [0.15, 0.2) is 6.61 Å². The number of anilines is 1. The molecule has 13 heteroatoms. The van der Waals surface area contributed by atoms with Crippen LogP contribution in [0.25, 0.3) is 0 Å². The van der Waals surface area contributed by atoms with Gasteiger partial charge >= 0.3 is 5.97 Å². The fraction of sp³-hybridized carbons (Fsp3) is 0.0667. The number of halogens is 1. The van der Waals surface area contributed by atoms with E-state index in [-0.39, 0.29) is 21.2 Å². The third-order valence-corrected chi connectivity index (χ3v) is 5.56. The maximum absolute atomic E-state index is 12.0. The number of sulfonamides is 2. The summed E-state index contributed by atoms with van der Waals surface area (Å²) >= 11 is 5.72. The minimum absolute atomic E-state index is 0.121. The van der Waals surface area contributed by atoms with Gasteiger partial charge in [-0.2, -0.15) is 0 Å². The largest absolute Gasteiger partial charge is 0.452 e. The van der Waals surface area contributed by atoms with Crippen molar-refractivity contribution >= 4 is 49.2 Å². The highest BCUT2D eigenvalue weighted by molar-refractivity contribution is 7.89. The van der Waals surface area contributed by atoms with Crippen LogP contribution in [0.3, 0.4) is 0 Å². The first-order valence-electron chi connectivity index (χ1n) is 7.30. The van der Waals surface area contributed by atoms with Gasteiger partial charge in [0, 0.05) is 5.69 Å². The van der Waals surface area contributed by atoms with Crippen LogP contribution in [0.5, 0.6) is 0 Å². The number of nitrogens with two attached hydrogens (primary N) is 2. The zero-order valence-corrected chi connectivity index (χ0v) is 16.3. The first-order chi connectivity index (χ1) is 12.9. The topological polar surface area (TPSA) is 176 Å². The first kappa shape index (κ1) is 21.8. The van der Waals surface area contributed by atoms with Crippen LogP contribution in [-0.4, -0.2) is 35.3 Å². The molecule has 0 aromatic heterocycles. The Morgan fingerprint density at radius 3 is 2.29 bits per heavy atom. The summed E-state index contributed by atoms with van der Waals surface area (Å²) in [7, 11) is -8.11. The average molecular weight is 448 g/mol. The molecule has 28 heavy (non-hydrogen) atoms. The molecule has 0 spiro atoms. The number of rotatable bonds is 6.